The molecule has 2 rings (SSSR count). The van der Waals surface area contributed by atoms with Crippen molar-refractivity contribution in [3.63, 3.8) is 0 Å². The quantitative estimate of drug-likeness (QED) is 0.879. The maximum Gasteiger partial charge on any atom is 0.144 e. The number of pyridine rings is 1. The summed E-state index contributed by atoms with van der Waals surface area (Å²) in [5, 5.41) is 12.5. The van der Waals surface area contributed by atoms with E-state index in [0.29, 0.717) is 5.56 Å². The van der Waals surface area contributed by atoms with Crippen LogP contribution in [-0.2, 0) is 12.8 Å². The van der Waals surface area contributed by atoms with Crippen LogP contribution < -0.4 is 5.32 Å². The fourth-order valence-corrected chi connectivity index (χ4v) is 2.38. The molecular formula is C15H22N4. The molecule has 1 heterocycles. The molecule has 1 aliphatic carbocycles. The number of rotatable bonds is 5. The normalized spacial score (nSPS) is 14.0. The first-order chi connectivity index (χ1) is 9.24. The zero-order chi connectivity index (χ0) is 13.7. The van der Waals surface area contributed by atoms with Gasteiger partial charge in [0.05, 0.1) is 5.56 Å². The number of fused-ring (bicyclic) bond motifs is 1. The Morgan fingerprint density at radius 3 is 2.95 bits per heavy atom. The van der Waals surface area contributed by atoms with Crippen LogP contribution in [0.2, 0.25) is 0 Å². The van der Waals surface area contributed by atoms with Crippen LogP contribution in [0.25, 0.3) is 0 Å². The van der Waals surface area contributed by atoms with E-state index in [4.69, 9.17) is 0 Å². The first-order valence-electron chi connectivity index (χ1n) is 7.10. The summed E-state index contributed by atoms with van der Waals surface area (Å²) in [5.41, 5.74) is 3.12. The highest BCUT2D eigenvalue weighted by atomic mass is 15.1. The van der Waals surface area contributed by atoms with Crippen LogP contribution in [0.15, 0.2) is 6.07 Å². The minimum Gasteiger partial charge on any atom is -0.368 e. The van der Waals surface area contributed by atoms with Crippen LogP contribution in [0.4, 0.5) is 5.82 Å². The van der Waals surface area contributed by atoms with Crippen molar-refractivity contribution in [2.45, 2.75) is 32.6 Å². The third kappa shape index (κ3) is 3.45. The van der Waals surface area contributed by atoms with Crippen molar-refractivity contribution in [1.29, 1.82) is 5.26 Å². The van der Waals surface area contributed by atoms with Crippen molar-refractivity contribution < 1.29 is 0 Å². The Kier molecular flexibility index (Phi) is 4.75. The molecule has 1 aliphatic rings. The smallest absolute Gasteiger partial charge is 0.144 e. The molecule has 0 spiro atoms. The molecule has 0 saturated heterocycles. The van der Waals surface area contributed by atoms with E-state index in [1.165, 1.54) is 24.1 Å². The van der Waals surface area contributed by atoms with Gasteiger partial charge in [0.15, 0.2) is 0 Å². The standard InChI is InChI=1S/C15H22N4/c1-3-19(2)9-8-17-15-13(11-16)10-12-6-4-5-7-14(12)18-15/h10H,3-9H2,1-2H3,(H,17,18). The van der Waals surface area contributed by atoms with Gasteiger partial charge in [-0.1, -0.05) is 6.92 Å². The number of likely N-dealkylation sites (N-methyl/N-ethyl adjacent to an activating group) is 1. The Morgan fingerprint density at radius 2 is 2.21 bits per heavy atom. The van der Waals surface area contributed by atoms with Gasteiger partial charge in [0.1, 0.15) is 11.9 Å². The molecule has 0 amide bonds. The monoisotopic (exact) mass is 258 g/mol. The highest BCUT2D eigenvalue weighted by molar-refractivity contribution is 5.54. The van der Waals surface area contributed by atoms with E-state index in [-0.39, 0.29) is 0 Å². The average Bonchev–Trinajstić information content (AvgIpc) is 2.46. The molecular weight excluding hydrogens is 236 g/mol. The average molecular weight is 258 g/mol. The maximum absolute atomic E-state index is 9.23. The molecule has 0 radical (unpaired) electrons. The van der Waals surface area contributed by atoms with E-state index in [1.807, 2.05) is 6.07 Å². The van der Waals surface area contributed by atoms with Crippen LogP contribution in [-0.4, -0.2) is 36.6 Å². The topological polar surface area (TPSA) is 52.0 Å². The summed E-state index contributed by atoms with van der Waals surface area (Å²) in [5.74, 6) is 0.757. The lowest BCUT2D eigenvalue weighted by Crippen LogP contribution is -2.25. The predicted molar refractivity (Wildman–Crippen MR) is 77.3 cm³/mol. The van der Waals surface area contributed by atoms with Crippen molar-refractivity contribution in [2.75, 3.05) is 32.0 Å². The summed E-state index contributed by atoms with van der Waals surface area (Å²) >= 11 is 0. The molecule has 0 atom stereocenters. The summed E-state index contributed by atoms with van der Waals surface area (Å²) in [6, 6.07) is 4.28. The number of nitriles is 1. The number of nitrogens with zero attached hydrogens (tertiary/aromatic N) is 3. The summed E-state index contributed by atoms with van der Waals surface area (Å²) in [7, 11) is 2.09. The first-order valence-corrected chi connectivity index (χ1v) is 7.10. The molecule has 0 aliphatic heterocycles. The molecule has 0 unspecified atom stereocenters. The van der Waals surface area contributed by atoms with Crippen molar-refractivity contribution >= 4 is 5.82 Å². The van der Waals surface area contributed by atoms with Crippen LogP contribution in [0.5, 0.6) is 0 Å². The lowest BCUT2D eigenvalue weighted by atomic mass is 9.95. The summed E-state index contributed by atoms with van der Waals surface area (Å²) in [4.78, 5) is 6.89. The van der Waals surface area contributed by atoms with E-state index in [1.54, 1.807) is 0 Å². The summed E-state index contributed by atoms with van der Waals surface area (Å²) in [6.07, 6.45) is 4.54. The fraction of sp³-hybridized carbons (Fsp3) is 0.600. The number of nitrogens with one attached hydrogen (secondary N) is 1. The highest BCUT2D eigenvalue weighted by Gasteiger charge is 2.14. The summed E-state index contributed by atoms with van der Waals surface area (Å²) < 4.78 is 0. The molecule has 0 saturated carbocycles. The molecule has 1 aromatic heterocycles. The van der Waals surface area contributed by atoms with E-state index < -0.39 is 0 Å². The Labute approximate surface area is 115 Å². The van der Waals surface area contributed by atoms with Gasteiger partial charge in [-0.15, -0.1) is 0 Å². The first kappa shape index (κ1) is 13.8. The lowest BCUT2D eigenvalue weighted by molar-refractivity contribution is 0.367. The highest BCUT2D eigenvalue weighted by Crippen LogP contribution is 2.24. The van der Waals surface area contributed by atoms with Gasteiger partial charge in [0.2, 0.25) is 0 Å². The number of hydrogen-bond donors (Lipinski definition) is 1. The molecule has 0 fully saturated rings. The number of hydrogen-bond acceptors (Lipinski definition) is 4. The molecule has 0 bridgehead atoms. The largest absolute Gasteiger partial charge is 0.368 e. The number of anilines is 1. The van der Waals surface area contributed by atoms with Crippen molar-refractivity contribution in [1.82, 2.24) is 9.88 Å². The Hall–Kier alpha value is -1.60. The zero-order valence-corrected chi connectivity index (χ0v) is 11.9. The van der Waals surface area contributed by atoms with Gasteiger partial charge in [0, 0.05) is 18.8 Å². The second kappa shape index (κ2) is 6.53. The van der Waals surface area contributed by atoms with Crippen molar-refractivity contribution in [3.05, 3.63) is 22.9 Å². The van der Waals surface area contributed by atoms with Gasteiger partial charge in [-0.2, -0.15) is 5.26 Å². The Bertz CT molecular complexity index is 476. The molecule has 19 heavy (non-hydrogen) atoms. The molecule has 0 aromatic carbocycles. The molecule has 1 N–H and O–H groups in total. The number of aryl methyl sites for hydroxylation is 2. The Morgan fingerprint density at radius 1 is 1.42 bits per heavy atom. The Balaban J connectivity index is 2.09. The van der Waals surface area contributed by atoms with Gasteiger partial charge in [0.25, 0.3) is 0 Å². The van der Waals surface area contributed by atoms with Gasteiger partial charge in [-0.05, 0) is 50.9 Å². The van der Waals surface area contributed by atoms with Crippen LogP contribution in [0.1, 0.15) is 36.6 Å². The van der Waals surface area contributed by atoms with Crippen molar-refractivity contribution in [2.24, 2.45) is 0 Å². The number of aromatic nitrogens is 1. The van der Waals surface area contributed by atoms with Crippen LogP contribution in [0.3, 0.4) is 0 Å². The van der Waals surface area contributed by atoms with Gasteiger partial charge < -0.3 is 10.2 Å². The lowest BCUT2D eigenvalue weighted by Gasteiger charge is -2.18. The van der Waals surface area contributed by atoms with E-state index in [2.05, 4.69) is 35.2 Å². The second-order valence-electron chi connectivity index (χ2n) is 5.13. The minimum atomic E-state index is 0.680. The van der Waals surface area contributed by atoms with Gasteiger partial charge in [-0.25, -0.2) is 4.98 Å². The SMILES string of the molecule is CCN(C)CCNc1nc2c(cc1C#N)CCCC2. The van der Waals surface area contributed by atoms with Crippen LogP contribution >= 0.6 is 0 Å². The van der Waals surface area contributed by atoms with Gasteiger partial charge >= 0.3 is 0 Å². The van der Waals surface area contributed by atoms with Crippen molar-refractivity contribution in [3.8, 4) is 6.07 Å². The van der Waals surface area contributed by atoms with E-state index in [9.17, 15) is 5.26 Å². The molecule has 4 nitrogen and oxygen atoms in total. The summed E-state index contributed by atoms with van der Waals surface area (Å²) in [6.45, 7) is 4.95. The van der Waals surface area contributed by atoms with Crippen LogP contribution in [0, 0.1) is 11.3 Å². The molecule has 1 aromatic rings. The zero-order valence-electron chi connectivity index (χ0n) is 11.9. The minimum absolute atomic E-state index is 0.680. The van der Waals surface area contributed by atoms with Gasteiger partial charge in [-0.3, -0.25) is 0 Å². The van der Waals surface area contributed by atoms with E-state index in [0.717, 1.165) is 38.3 Å². The second-order valence-corrected chi connectivity index (χ2v) is 5.13. The third-order valence-electron chi connectivity index (χ3n) is 3.75. The molecule has 4 heteroatoms. The molecule has 102 valence electrons. The predicted octanol–water partition coefficient (Wildman–Crippen LogP) is 2.20. The van der Waals surface area contributed by atoms with E-state index >= 15 is 0 Å². The maximum atomic E-state index is 9.23. The third-order valence-corrected chi connectivity index (χ3v) is 3.75. The fourth-order valence-electron chi connectivity index (χ4n) is 2.38.